The smallest absolute Gasteiger partial charge is 0.285 e. The lowest BCUT2D eigenvalue weighted by atomic mass is 10.0. The van der Waals surface area contributed by atoms with E-state index in [4.69, 9.17) is 0 Å². The van der Waals surface area contributed by atoms with Gasteiger partial charge in [0, 0.05) is 38.2 Å². The van der Waals surface area contributed by atoms with Crippen molar-refractivity contribution in [3.8, 4) is 0 Å². The van der Waals surface area contributed by atoms with Crippen LogP contribution in [0.5, 0.6) is 0 Å². The summed E-state index contributed by atoms with van der Waals surface area (Å²) < 4.78 is 29.6. The Balaban J connectivity index is 1.43. The molecule has 1 saturated heterocycles. The van der Waals surface area contributed by atoms with Crippen LogP contribution in [-0.4, -0.2) is 56.1 Å². The van der Waals surface area contributed by atoms with E-state index in [2.05, 4.69) is 4.40 Å². The van der Waals surface area contributed by atoms with E-state index in [1.807, 2.05) is 47.1 Å². The van der Waals surface area contributed by atoms with E-state index in [0.29, 0.717) is 47.9 Å². The molecule has 6 nitrogen and oxygen atoms in total. The fraction of sp³-hybridized carbons (Fsp3) is 0.565. The van der Waals surface area contributed by atoms with Gasteiger partial charge in [-0.1, -0.05) is 56.0 Å². The second-order valence-electron chi connectivity index (χ2n) is 8.62. The quantitative estimate of drug-likeness (QED) is 0.732. The second kappa shape index (κ2) is 8.92. The molecule has 30 heavy (non-hydrogen) atoms. The summed E-state index contributed by atoms with van der Waals surface area (Å²) in [5.41, 5.74) is 1.37. The zero-order valence-electron chi connectivity index (χ0n) is 17.7. The number of amidine groups is 1. The lowest BCUT2D eigenvalue weighted by Crippen LogP contribution is -2.37. The minimum absolute atomic E-state index is 0.238. The summed E-state index contributed by atoms with van der Waals surface area (Å²) in [6, 6.07) is 9.16. The molecule has 0 bridgehead atoms. The summed E-state index contributed by atoms with van der Waals surface area (Å²) in [4.78, 5) is 17.0. The third-order valence-corrected chi connectivity index (χ3v) is 8.04. The van der Waals surface area contributed by atoms with Crippen LogP contribution < -0.4 is 0 Å². The SMILES string of the molecule is CC1=C(c2ccccc2)S(=O)(=O)N=C1N1CCCN(C(=O)CCC2CCCC2)CC1. The maximum absolute atomic E-state index is 12.8. The highest BCUT2D eigenvalue weighted by Gasteiger charge is 2.34. The average Bonchev–Trinajstić information content (AvgIpc) is 3.24. The van der Waals surface area contributed by atoms with Crippen LogP contribution in [0.25, 0.3) is 4.91 Å². The van der Waals surface area contributed by atoms with Gasteiger partial charge in [0.15, 0.2) is 0 Å². The largest absolute Gasteiger partial charge is 0.354 e. The minimum atomic E-state index is -3.70. The number of rotatable bonds is 4. The molecule has 4 rings (SSSR count). The van der Waals surface area contributed by atoms with Gasteiger partial charge in [-0.3, -0.25) is 4.79 Å². The van der Waals surface area contributed by atoms with E-state index in [1.54, 1.807) is 0 Å². The van der Waals surface area contributed by atoms with E-state index in [-0.39, 0.29) is 5.91 Å². The van der Waals surface area contributed by atoms with E-state index >= 15 is 0 Å². The predicted molar refractivity (Wildman–Crippen MR) is 119 cm³/mol. The van der Waals surface area contributed by atoms with Crippen molar-refractivity contribution < 1.29 is 13.2 Å². The molecule has 1 aromatic rings. The Bertz CT molecular complexity index is 947. The van der Waals surface area contributed by atoms with E-state index in [9.17, 15) is 13.2 Å². The maximum Gasteiger partial charge on any atom is 0.285 e. The summed E-state index contributed by atoms with van der Waals surface area (Å²) in [6.07, 6.45) is 7.61. The van der Waals surface area contributed by atoms with E-state index in [0.717, 1.165) is 25.3 Å². The monoisotopic (exact) mass is 429 g/mol. The highest BCUT2D eigenvalue weighted by molar-refractivity contribution is 8.00. The van der Waals surface area contributed by atoms with E-state index in [1.165, 1.54) is 25.7 Å². The molecule has 1 saturated carbocycles. The molecule has 1 amide bonds. The molecule has 2 aliphatic heterocycles. The van der Waals surface area contributed by atoms with Gasteiger partial charge in [0.25, 0.3) is 10.0 Å². The standard InChI is InChI=1S/C23H31N3O3S/c1-18-22(20-10-3-2-4-11-20)30(28,29)24-23(18)26-15-7-14-25(16-17-26)21(27)13-12-19-8-5-6-9-19/h2-4,10-11,19H,5-9,12-17H2,1H3. The molecule has 0 aromatic heterocycles. The van der Waals surface area contributed by atoms with Crippen LogP contribution in [0.2, 0.25) is 0 Å². The molecule has 7 heteroatoms. The predicted octanol–water partition coefficient (Wildman–Crippen LogP) is 3.66. The van der Waals surface area contributed by atoms with Crippen LogP contribution in [0, 0.1) is 5.92 Å². The fourth-order valence-electron chi connectivity index (χ4n) is 4.94. The molecule has 0 unspecified atom stereocenters. The normalized spacial score (nSPS) is 22.4. The first-order valence-corrected chi connectivity index (χ1v) is 12.5. The number of nitrogens with zero attached hydrogens (tertiary/aromatic N) is 3. The summed E-state index contributed by atoms with van der Waals surface area (Å²) in [5, 5.41) is 0. The average molecular weight is 430 g/mol. The van der Waals surface area contributed by atoms with Crippen molar-refractivity contribution in [3.05, 3.63) is 41.5 Å². The van der Waals surface area contributed by atoms with Crippen molar-refractivity contribution in [1.82, 2.24) is 9.80 Å². The molecule has 0 N–H and O–H groups in total. The van der Waals surface area contributed by atoms with Crippen LogP contribution in [0.1, 0.15) is 57.4 Å². The number of sulfonamides is 1. The van der Waals surface area contributed by atoms with Gasteiger partial charge in [-0.05, 0) is 31.2 Å². The third kappa shape index (κ3) is 4.46. The van der Waals surface area contributed by atoms with Crippen molar-refractivity contribution in [3.63, 3.8) is 0 Å². The first-order chi connectivity index (χ1) is 14.5. The van der Waals surface area contributed by atoms with Gasteiger partial charge in [-0.2, -0.15) is 8.42 Å². The summed E-state index contributed by atoms with van der Waals surface area (Å²) in [5.74, 6) is 1.50. The van der Waals surface area contributed by atoms with Gasteiger partial charge < -0.3 is 9.80 Å². The summed E-state index contributed by atoms with van der Waals surface area (Å²) in [7, 11) is -3.70. The molecule has 1 aliphatic carbocycles. The Morgan fingerprint density at radius 3 is 2.50 bits per heavy atom. The van der Waals surface area contributed by atoms with Crippen molar-refractivity contribution in [2.45, 2.75) is 51.9 Å². The Morgan fingerprint density at radius 1 is 1.03 bits per heavy atom. The second-order valence-corrected chi connectivity index (χ2v) is 10.2. The molecule has 0 atom stereocenters. The summed E-state index contributed by atoms with van der Waals surface area (Å²) in [6.45, 7) is 4.51. The Morgan fingerprint density at radius 2 is 1.77 bits per heavy atom. The molecule has 2 heterocycles. The number of carbonyl (C=O) groups is 1. The first kappa shape index (κ1) is 21.1. The molecule has 162 valence electrons. The zero-order chi connectivity index (χ0) is 21.1. The van der Waals surface area contributed by atoms with Crippen molar-refractivity contribution in [2.24, 2.45) is 10.3 Å². The molecular weight excluding hydrogens is 398 g/mol. The van der Waals surface area contributed by atoms with Crippen molar-refractivity contribution >= 4 is 26.7 Å². The number of amides is 1. The highest BCUT2D eigenvalue weighted by Crippen LogP contribution is 2.34. The van der Waals surface area contributed by atoms with Gasteiger partial charge >= 0.3 is 0 Å². The molecule has 0 spiro atoms. The molecule has 3 aliphatic rings. The Hall–Kier alpha value is -2.15. The Labute approximate surface area is 179 Å². The topological polar surface area (TPSA) is 70.1 Å². The lowest BCUT2D eigenvalue weighted by molar-refractivity contribution is -0.131. The van der Waals surface area contributed by atoms with Crippen molar-refractivity contribution in [1.29, 1.82) is 0 Å². The third-order valence-electron chi connectivity index (χ3n) is 6.57. The molecule has 0 radical (unpaired) electrons. The van der Waals surface area contributed by atoms with Gasteiger partial charge in [0.2, 0.25) is 5.91 Å². The molecule has 1 aromatic carbocycles. The van der Waals surface area contributed by atoms with Gasteiger partial charge in [0.05, 0.1) is 0 Å². The van der Waals surface area contributed by atoms with Crippen molar-refractivity contribution in [2.75, 3.05) is 26.2 Å². The maximum atomic E-state index is 12.8. The van der Waals surface area contributed by atoms with Crippen LogP contribution in [0.4, 0.5) is 0 Å². The van der Waals surface area contributed by atoms with Gasteiger partial charge in [-0.25, -0.2) is 0 Å². The Kier molecular flexibility index (Phi) is 6.27. The highest BCUT2D eigenvalue weighted by atomic mass is 32.2. The molecule has 2 fully saturated rings. The van der Waals surface area contributed by atoms with Gasteiger partial charge in [0.1, 0.15) is 10.7 Å². The van der Waals surface area contributed by atoms with Crippen LogP contribution in [0.3, 0.4) is 0 Å². The van der Waals surface area contributed by atoms with Crippen LogP contribution in [-0.2, 0) is 14.8 Å². The number of hydrogen-bond acceptors (Lipinski definition) is 4. The van der Waals surface area contributed by atoms with E-state index < -0.39 is 10.0 Å². The number of carbonyl (C=O) groups excluding carboxylic acids is 1. The molecular formula is C23H31N3O3S. The van der Waals surface area contributed by atoms with Gasteiger partial charge in [-0.15, -0.1) is 4.40 Å². The first-order valence-electron chi connectivity index (χ1n) is 11.1. The lowest BCUT2D eigenvalue weighted by Gasteiger charge is -2.24. The minimum Gasteiger partial charge on any atom is -0.354 e. The number of hydrogen-bond donors (Lipinski definition) is 0. The van der Waals surface area contributed by atoms with Crippen LogP contribution >= 0.6 is 0 Å². The summed E-state index contributed by atoms with van der Waals surface area (Å²) >= 11 is 0. The fourth-order valence-corrected chi connectivity index (χ4v) is 6.42. The van der Waals surface area contributed by atoms with Crippen LogP contribution in [0.15, 0.2) is 40.3 Å². The number of benzene rings is 1. The zero-order valence-corrected chi connectivity index (χ0v) is 18.5.